The van der Waals surface area contributed by atoms with E-state index in [-0.39, 0.29) is 0 Å². The third-order valence-electron chi connectivity index (χ3n) is 13.8. The zero-order chi connectivity index (χ0) is 51.1. The van der Waals surface area contributed by atoms with E-state index >= 15 is 0 Å². The molecule has 10 aromatic carbocycles. The van der Waals surface area contributed by atoms with E-state index in [4.69, 9.17) is 17.0 Å². The normalized spacial score (nSPS) is 11.5. The predicted molar refractivity (Wildman–Crippen MR) is 314 cm³/mol. The van der Waals surface area contributed by atoms with Gasteiger partial charge in [-0.3, -0.25) is 0 Å². The van der Waals surface area contributed by atoms with Crippen LogP contribution in [0, 0.1) is 19.9 Å². The minimum atomic E-state index is -0.826. The molecule has 72 heavy (non-hydrogen) atoms. The zero-order valence-electron chi connectivity index (χ0n) is 43.5. The van der Waals surface area contributed by atoms with Crippen LogP contribution in [0.3, 0.4) is 0 Å². The van der Waals surface area contributed by atoms with Crippen molar-refractivity contribution in [2.45, 2.75) is 92.9 Å². The molecule has 0 fully saturated rings. The van der Waals surface area contributed by atoms with E-state index in [0.29, 0.717) is 23.7 Å². The number of benzene rings is 8. The average molecular weight is 1070 g/mol. The zero-order valence-corrected chi connectivity index (χ0v) is 48.4. The first-order chi connectivity index (χ1) is 34.7. The van der Waals surface area contributed by atoms with Gasteiger partial charge in [0.1, 0.15) is 0 Å². The molecular formula is C68H65Cl2SiZr-3. The van der Waals surface area contributed by atoms with Gasteiger partial charge in [0.2, 0.25) is 0 Å². The largest absolute Gasteiger partial charge is 0.184 e. The first-order valence-corrected chi connectivity index (χ1v) is 32.7. The Labute approximate surface area is 451 Å². The summed E-state index contributed by atoms with van der Waals surface area (Å²) in [6, 6.07) is 72.5. The molecule has 2 radical (unpaired) electrons. The predicted octanol–water partition coefficient (Wildman–Crippen LogP) is 19.4. The van der Waals surface area contributed by atoms with Gasteiger partial charge < -0.3 is 0 Å². The number of hydrogen-bond acceptors (Lipinski definition) is 0. The Morgan fingerprint density at radius 1 is 0.417 bits per heavy atom. The minimum Gasteiger partial charge on any atom is -0.184 e. The Bertz CT molecular complexity index is 3130. The Balaban J connectivity index is 0.000000149. The van der Waals surface area contributed by atoms with Crippen LogP contribution >= 0.6 is 17.0 Å². The summed E-state index contributed by atoms with van der Waals surface area (Å²) in [5.41, 5.74) is 21.7. The van der Waals surface area contributed by atoms with E-state index < -0.39 is 20.8 Å². The monoisotopic (exact) mass is 1070 g/mol. The molecule has 0 saturated carbocycles. The second-order valence-electron chi connectivity index (χ2n) is 20.4. The number of aryl methyl sites for hydroxylation is 2. The van der Waals surface area contributed by atoms with Crippen LogP contribution in [0.5, 0.6) is 0 Å². The van der Waals surface area contributed by atoms with Crippen LogP contribution in [-0.2, 0) is 20.8 Å². The van der Waals surface area contributed by atoms with Gasteiger partial charge in [0.25, 0.3) is 0 Å². The molecular weight excluding hydrogens is 1010 g/mol. The van der Waals surface area contributed by atoms with Crippen molar-refractivity contribution in [3.63, 3.8) is 0 Å². The maximum Gasteiger partial charge on any atom is 0.0920 e. The van der Waals surface area contributed by atoms with Crippen molar-refractivity contribution < 1.29 is 20.8 Å². The van der Waals surface area contributed by atoms with Crippen LogP contribution in [0.15, 0.2) is 188 Å². The van der Waals surface area contributed by atoms with Gasteiger partial charge in [0, 0.05) is 0 Å². The second kappa shape index (κ2) is 24.1. The molecule has 0 aliphatic carbocycles. The third-order valence-corrected chi connectivity index (χ3v) is 15.1. The number of fused-ring (bicyclic) bond motifs is 5. The standard InChI is InChI=1S/2C28H29.C12H7Si.2ClH.Zr/c2*1-18(2)23-15-24(19(3)4)17-25(16-23)28-26(21-9-7-6-8-10-21)12-11-22-13-20(5)14-27(22)28;1-3-7-11-9(5-1)10-6-2-4-8-12(10)13-11;;;/h2*6-19H,1-5H3;1-7H;2*1H;/q3*-1;;;+2/p-2. The molecule has 0 spiro atoms. The van der Waals surface area contributed by atoms with E-state index in [9.17, 15) is 0 Å². The molecule has 0 aromatic heterocycles. The topological polar surface area (TPSA) is 0 Å². The molecule has 10 aromatic rings. The summed E-state index contributed by atoms with van der Waals surface area (Å²) in [5, 5.41) is 8.19. The van der Waals surface area contributed by atoms with Gasteiger partial charge in [-0.1, -0.05) is 225 Å². The maximum absolute atomic E-state index is 4.93. The summed E-state index contributed by atoms with van der Waals surface area (Å²) >= 11 is -0.826. The molecule has 1 aliphatic rings. The van der Waals surface area contributed by atoms with E-state index in [1.54, 1.807) is 0 Å². The van der Waals surface area contributed by atoms with Gasteiger partial charge in [-0.15, -0.1) is 62.5 Å². The van der Waals surface area contributed by atoms with Gasteiger partial charge in [-0.05, 0) is 79.3 Å². The summed E-state index contributed by atoms with van der Waals surface area (Å²) in [6.07, 6.45) is 0. The smallest absolute Gasteiger partial charge is 0.0920 e. The first kappa shape index (κ1) is 53.0. The quantitative estimate of drug-likeness (QED) is 0.105. The number of rotatable bonds is 8. The van der Waals surface area contributed by atoms with Crippen molar-refractivity contribution in [2.75, 3.05) is 0 Å². The molecule has 1 heterocycles. The minimum absolute atomic E-state index is 0.512. The summed E-state index contributed by atoms with van der Waals surface area (Å²) in [6.45, 7) is 22.7. The molecule has 0 N–H and O–H groups in total. The molecule has 0 unspecified atom stereocenters. The summed E-state index contributed by atoms with van der Waals surface area (Å²) in [7, 11) is 10.7. The van der Waals surface area contributed by atoms with Crippen LogP contribution in [0.4, 0.5) is 0 Å². The molecule has 362 valence electrons. The first-order valence-electron chi connectivity index (χ1n) is 25.4. The Hall–Kier alpha value is -5.34. The van der Waals surface area contributed by atoms with Crippen molar-refractivity contribution in [1.29, 1.82) is 0 Å². The maximum atomic E-state index is 4.93. The molecule has 0 saturated heterocycles. The summed E-state index contributed by atoms with van der Waals surface area (Å²) < 4.78 is 0. The van der Waals surface area contributed by atoms with Crippen LogP contribution in [0.1, 0.15) is 112 Å². The molecule has 0 nitrogen and oxygen atoms in total. The molecule has 11 rings (SSSR count). The number of hydrogen-bond donors (Lipinski definition) is 0. The van der Waals surface area contributed by atoms with E-state index in [1.807, 2.05) is 6.07 Å². The van der Waals surface area contributed by atoms with E-state index in [2.05, 4.69) is 257 Å². The Kier molecular flexibility index (Phi) is 17.8. The van der Waals surface area contributed by atoms with Crippen LogP contribution in [-0.4, -0.2) is 9.52 Å². The summed E-state index contributed by atoms with van der Waals surface area (Å²) in [4.78, 5) is 0. The molecule has 0 bridgehead atoms. The molecule has 1 aliphatic heterocycles. The molecule has 4 heteroatoms. The Morgan fingerprint density at radius 3 is 1.22 bits per heavy atom. The van der Waals surface area contributed by atoms with E-state index in [1.165, 1.54) is 121 Å². The van der Waals surface area contributed by atoms with Crippen molar-refractivity contribution in [2.24, 2.45) is 0 Å². The van der Waals surface area contributed by atoms with Gasteiger partial charge in [0.05, 0.1) is 9.52 Å². The Morgan fingerprint density at radius 2 is 0.806 bits per heavy atom. The van der Waals surface area contributed by atoms with Crippen LogP contribution < -0.4 is 10.4 Å². The van der Waals surface area contributed by atoms with Crippen LogP contribution in [0.25, 0.3) is 77.2 Å². The fourth-order valence-electron chi connectivity index (χ4n) is 9.90. The third kappa shape index (κ3) is 12.2. The van der Waals surface area contributed by atoms with Crippen LogP contribution in [0.2, 0.25) is 0 Å². The van der Waals surface area contributed by atoms with Crippen molar-refractivity contribution in [1.82, 2.24) is 0 Å². The number of halogens is 2. The fraction of sp³-hybridized carbons (Fsp3) is 0.206. The van der Waals surface area contributed by atoms with Gasteiger partial charge >= 0.3 is 37.9 Å². The average Bonchev–Trinajstić information content (AvgIpc) is 4.09. The van der Waals surface area contributed by atoms with Gasteiger partial charge in [0.15, 0.2) is 0 Å². The van der Waals surface area contributed by atoms with E-state index in [0.717, 1.165) is 9.52 Å². The van der Waals surface area contributed by atoms with Crippen molar-refractivity contribution >= 4 is 58.5 Å². The van der Waals surface area contributed by atoms with Gasteiger partial charge in [-0.25, -0.2) is 0 Å². The second-order valence-corrected chi connectivity index (χ2v) is 25.4. The van der Waals surface area contributed by atoms with Crippen molar-refractivity contribution in [3.8, 4) is 55.6 Å². The van der Waals surface area contributed by atoms with Crippen molar-refractivity contribution in [3.05, 3.63) is 228 Å². The molecule has 0 atom stereocenters. The molecule has 0 amide bonds. The fourth-order valence-corrected chi connectivity index (χ4v) is 11.2. The SMILES string of the molecule is Cc1cc2c(-c3cc(C(C)C)cc(C(C)C)c3)c(-c3ccccc3)ccc2[cH-]1.Cc1cc2c(-c3cc(C(C)C)cc(C(C)C)c3)c(-c3ccccc3)ccc2[cH-]1.[Cl][Zr][Cl].[c-]1cccc2c1[Si]c1ccccc1-2. The summed E-state index contributed by atoms with van der Waals surface area (Å²) in [5.74, 6) is 2.05. The van der Waals surface area contributed by atoms with Gasteiger partial charge in [-0.2, -0.15) is 41.6 Å².